The fourth-order valence-electron chi connectivity index (χ4n) is 4.51. The van der Waals surface area contributed by atoms with Crippen molar-refractivity contribution >= 4 is 23.2 Å². The molecule has 0 radical (unpaired) electrons. The van der Waals surface area contributed by atoms with Gasteiger partial charge in [0, 0.05) is 34.6 Å². The van der Waals surface area contributed by atoms with Crippen molar-refractivity contribution < 1.29 is 23.8 Å². The van der Waals surface area contributed by atoms with Crippen LogP contribution in [0.2, 0.25) is 5.02 Å². The van der Waals surface area contributed by atoms with Crippen molar-refractivity contribution in [2.75, 3.05) is 0 Å². The van der Waals surface area contributed by atoms with Gasteiger partial charge in [-0.05, 0) is 47.2 Å². The number of carbonyl (C=O) groups is 2. The molecule has 0 aliphatic heterocycles. The van der Waals surface area contributed by atoms with Crippen molar-refractivity contribution in [1.29, 1.82) is 0 Å². The second-order valence-electron chi connectivity index (χ2n) is 8.66. The van der Waals surface area contributed by atoms with Crippen LogP contribution < -0.4 is 4.73 Å². The van der Waals surface area contributed by atoms with Crippen LogP contribution in [-0.4, -0.2) is 36.9 Å². The Morgan fingerprint density at radius 1 is 1.25 bits per heavy atom. The van der Waals surface area contributed by atoms with Gasteiger partial charge in [-0.25, -0.2) is 4.39 Å². The molecule has 1 aliphatic rings. The normalized spacial score (nSPS) is 18.7. The molecule has 4 aromatic rings. The summed E-state index contributed by atoms with van der Waals surface area (Å²) < 4.78 is 16.9. The van der Waals surface area contributed by atoms with Crippen LogP contribution in [0.4, 0.5) is 4.39 Å². The predicted molar refractivity (Wildman–Crippen MR) is 126 cm³/mol. The number of nitrogens with zero attached hydrogens (tertiary/aromatic N) is 5. The zero-order valence-corrected chi connectivity index (χ0v) is 19.7. The molecule has 2 aromatic heterocycles. The van der Waals surface area contributed by atoms with E-state index in [-0.39, 0.29) is 23.5 Å². The zero-order valence-electron chi connectivity index (χ0n) is 18.9. The van der Waals surface area contributed by atoms with E-state index in [2.05, 4.69) is 15.5 Å². The van der Waals surface area contributed by atoms with Crippen LogP contribution in [0.15, 0.2) is 61.1 Å². The van der Waals surface area contributed by atoms with Crippen molar-refractivity contribution in [1.82, 2.24) is 20.2 Å². The van der Waals surface area contributed by atoms with Crippen molar-refractivity contribution in [2.45, 2.75) is 31.5 Å². The molecule has 2 aromatic carbocycles. The van der Waals surface area contributed by atoms with E-state index in [1.165, 1.54) is 24.0 Å². The molecule has 36 heavy (non-hydrogen) atoms. The third-order valence-electron chi connectivity index (χ3n) is 6.32. The zero-order chi connectivity index (χ0) is 25.6. The molecule has 5 rings (SSSR count). The molecule has 9 nitrogen and oxygen atoms in total. The van der Waals surface area contributed by atoms with Gasteiger partial charge in [0.25, 0.3) is 0 Å². The van der Waals surface area contributed by atoms with Crippen molar-refractivity contribution in [3.05, 3.63) is 93.7 Å². The number of hydrogen-bond acceptors (Lipinski definition) is 7. The lowest BCUT2D eigenvalue weighted by Gasteiger charge is -2.21. The number of benzene rings is 2. The second kappa shape index (κ2) is 8.89. The Morgan fingerprint density at radius 2 is 2.00 bits per heavy atom. The van der Waals surface area contributed by atoms with Crippen LogP contribution in [0.25, 0.3) is 16.8 Å². The maximum Gasteiger partial charge on any atom is 0.238 e. The molecular formula is C25H19ClFN5O4. The molecular weight excluding hydrogens is 489 g/mol. The van der Waals surface area contributed by atoms with E-state index < -0.39 is 24.0 Å². The van der Waals surface area contributed by atoms with Gasteiger partial charge >= 0.3 is 0 Å². The van der Waals surface area contributed by atoms with E-state index in [0.29, 0.717) is 37.7 Å². The fraction of sp³-hybridized carbons (Fsp3) is 0.200. The first-order valence-electron chi connectivity index (χ1n) is 11.0. The molecule has 0 bridgehead atoms. The van der Waals surface area contributed by atoms with Gasteiger partial charge in [-0.3, -0.25) is 9.59 Å². The number of tetrazole rings is 1. The van der Waals surface area contributed by atoms with Crippen molar-refractivity contribution in [2.24, 2.45) is 0 Å². The van der Waals surface area contributed by atoms with Crippen LogP contribution in [0.5, 0.6) is 0 Å². The van der Waals surface area contributed by atoms with Gasteiger partial charge < -0.3 is 10.3 Å². The molecule has 0 spiro atoms. The van der Waals surface area contributed by atoms with Gasteiger partial charge in [-0.1, -0.05) is 35.9 Å². The average molecular weight is 508 g/mol. The number of alkyl halides is 1. The van der Waals surface area contributed by atoms with Gasteiger partial charge in [0.05, 0.1) is 11.3 Å². The van der Waals surface area contributed by atoms with E-state index in [1.807, 2.05) is 0 Å². The minimum absolute atomic E-state index is 0.0760. The minimum atomic E-state index is -2.30. The Hall–Kier alpha value is -4.02. The molecule has 2 heterocycles. The number of ketones is 2. The molecule has 2 atom stereocenters. The number of halogens is 2. The highest BCUT2D eigenvalue weighted by atomic mass is 35.5. The van der Waals surface area contributed by atoms with Gasteiger partial charge in [0.2, 0.25) is 11.3 Å². The Bertz CT molecular complexity index is 1490. The molecule has 0 saturated heterocycles. The summed E-state index contributed by atoms with van der Waals surface area (Å²) in [5.74, 6) is -0.836. The third-order valence-corrected chi connectivity index (χ3v) is 6.55. The van der Waals surface area contributed by atoms with Crippen LogP contribution in [0.1, 0.15) is 46.7 Å². The first-order valence-corrected chi connectivity index (χ1v) is 11.4. The van der Waals surface area contributed by atoms with Crippen molar-refractivity contribution in [3.8, 4) is 16.8 Å². The molecule has 1 N–H and O–H groups in total. The Balaban J connectivity index is 1.53. The number of aromatic nitrogens is 5. The van der Waals surface area contributed by atoms with Gasteiger partial charge in [0.1, 0.15) is 12.5 Å². The maximum absolute atomic E-state index is 15.2. The number of hydrogen-bond donors (Lipinski definition) is 1. The Kier molecular flexibility index (Phi) is 5.85. The highest BCUT2D eigenvalue weighted by molar-refractivity contribution is 6.31. The van der Waals surface area contributed by atoms with Crippen LogP contribution >= 0.6 is 11.6 Å². The van der Waals surface area contributed by atoms with E-state index >= 15 is 4.39 Å². The SMILES string of the molecule is CC(=O)c1ccc(CC(=O)C2(O)CC(F)c3cc(-c4cc(Cl)ccc4-n4cnnn4)c[n+]([O-])c32)cc1. The molecule has 1 aliphatic carbocycles. The quantitative estimate of drug-likeness (QED) is 0.241. The predicted octanol–water partition coefficient (Wildman–Crippen LogP) is 3.23. The second-order valence-corrected chi connectivity index (χ2v) is 9.10. The monoisotopic (exact) mass is 507 g/mol. The first kappa shape index (κ1) is 23.7. The fourth-order valence-corrected chi connectivity index (χ4v) is 4.68. The molecule has 11 heteroatoms. The van der Waals surface area contributed by atoms with Crippen LogP contribution in [0, 0.1) is 5.21 Å². The summed E-state index contributed by atoms with van der Waals surface area (Å²) in [6.07, 6.45) is -0.0291. The van der Waals surface area contributed by atoms with Gasteiger partial charge in [-0.15, -0.1) is 5.10 Å². The standard InChI is InChI=1S/C25H19ClFN5O4/c1-14(33)16-4-2-15(3-5-16)8-23(34)25(35)11-21(27)20-9-17(12-32(36)24(20)25)19-10-18(26)6-7-22(19)31-13-28-29-30-31/h2-7,9-10,12-13,21,35H,8,11H2,1H3. The smallest absolute Gasteiger partial charge is 0.238 e. The molecule has 2 unspecified atom stereocenters. The summed E-state index contributed by atoms with van der Waals surface area (Å²) >= 11 is 6.18. The topological polar surface area (TPSA) is 125 Å². The number of pyridine rings is 1. The van der Waals surface area contributed by atoms with E-state index in [0.717, 1.165) is 6.20 Å². The Labute approximate surface area is 209 Å². The highest BCUT2D eigenvalue weighted by Crippen LogP contribution is 2.46. The van der Waals surface area contributed by atoms with E-state index in [1.54, 1.807) is 42.5 Å². The number of fused-ring (bicyclic) bond motifs is 1. The molecule has 0 fully saturated rings. The van der Waals surface area contributed by atoms with Crippen LogP contribution in [-0.2, 0) is 16.8 Å². The van der Waals surface area contributed by atoms with E-state index in [9.17, 15) is 19.9 Å². The summed E-state index contributed by atoms with van der Waals surface area (Å²) in [4.78, 5) is 24.6. The lowest BCUT2D eigenvalue weighted by atomic mass is 9.90. The summed E-state index contributed by atoms with van der Waals surface area (Å²) in [7, 11) is 0. The molecule has 182 valence electrons. The lowest BCUT2D eigenvalue weighted by Crippen LogP contribution is -2.46. The van der Waals surface area contributed by atoms with Gasteiger partial charge in [0.15, 0.2) is 17.8 Å². The highest BCUT2D eigenvalue weighted by Gasteiger charge is 2.54. The van der Waals surface area contributed by atoms with Gasteiger partial charge in [-0.2, -0.15) is 9.41 Å². The van der Waals surface area contributed by atoms with E-state index in [4.69, 9.17) is 11.6 Å². The summed E-state index contributed by atoms with van der Waals surface area (Å²) in [5, 5.41) is 35.9. The number of aliphatic hydroxyl groups is 1. The third kappa shape index (κ3) is 4.04. The lowest BCUT2D eigenvalue weighted by molar-refractivity contribution is -0.620. The Morgan fingerprint density at radius 3 is 2.67 bits per heavy atom. The first-order chi connectivity index (χ1) is 17.2. The molecule has 0 amide bonds. The van der Waals surface area contributed by atoms with Crippen molar-refractivity contribution in [3.63, 3.8) is 0 Å². The summed E-state index contributed by atoms with van der Waals surface area (Å²) in [6.45, 7) is 1.43. The van der Waals surface area contributed by atoms with Crippen LogP contribution in [0.3, 0.4) is 0 Å². The molecule has 0 saturated carbocycles. The maximum atomic E-state index is 15.2. The number of Topliss-reactive ketones (excluding diaryl/α,β-unsaturated/α-hetero) is 2. The number of carbonyl (C=O) groups excluding carboxylic acids is 2. The minimum Gasteiger partial charge on any atom is -0.618 e. The summed E-state index contributed by atoms with van der Waals surface area (Å²) in [5.41, 5.74) is -0.437. The average Bonchev–Trinajstić information content (AvgIpc) is 3.46. The number of rotatable bonds is 6. The summed E-state index contributed by atoms with van der Waals surface area (Å²) in [6, 6.07) is 12.6. The largest absolute Gasteiger partial charge is 0.618 e.